The predicted octanol–water partition coefficient (Wildman–Crippen LogP) is 3.75. The lowest BCUT2D eigenvalue weighted by Crippen LogP contribution is -2.19. The van der Waals surface area contributed by atoms with Crippen LogP contribution in [-0.2, 0) is 6.18 Å². The minimum absolute atomic E-state index is 0.170. The van der Waals surface area contributed by atoms with E-state index in [4.69, 9.17) is 5.73 Å². The molecule has 2 N–H and O–H groups in total. The van der Waals surface area contributed by atoms with Gasteiger partial charge in [-0.2, -0.15) is 13.2 Å². The lowest BCUT2D eigenvalue weighted by atomic mass is 9.92. The van der Waals surface area contributed by atoms with E-state index in [1.54, 1.807) is 6.07 Å². The van der Waals surface area contributed by atoms with Gasteiger partial charge in [-0.05, 0) is 23.6 Å². The van der Waals surface area contributed by atoms with E-state index in [0.29, 0.717) is 5.56 Å². The maximum Gasteiger partial charge on any atom is 0.416 e. The quantitative estimate of drug-likeness (QED) is 0.842. The SMILES string of the molecule is CCC(C)C(N)c1cccc(C(F)(F)F)c1. The third-order valence-electron chi connectivity index (χ3n) is 2.86. The number of halogens is 3. The van der Waals surface area contributed by atoms with Gasteiger partial charge in [-0.3, -0.25) is 0 Å². The first-order valence-corrected chi connectivity index (χ1v) is 5.29. The second-order valence-corrected chi connectivity index (χ2v) is 4.03. The zero-order valence-corrected chi connectivity index (χ0v) is 9.38. The molecule has 0 saturated carbocycles. The van der Waals surface area contributed by atoms with Gasteiger partial charge < -0.3 is 5.73 Å². The van der Waals surface area contributed by atoms with Gasteiger partial charge in [0.2, 0.25) is 0 Å². The van der Waals surface area contributed by atoms with Crippen molar-refractivity contribution in [2.45, 2.75) is 32.5 Å². The van der Waals surface area contributed by atoms with E-state index >= 15 is 0 Å². The van der Waals surface area contributed by atoms with E-state index in [2.05, 4.69) is 0 Å². The molecule has 4 heteroatoms. The van der Waals surface area contributed by atoms with E-state index in [1.165, 1.54) is 6.07 Å². The Hall–Kier alpha value is -1.03. The topological polar surface area (TPSA) is 26.0 Å². The van der Waals surface area contributed by atoms with E-state index in [-0.39, 0.29) is 12.0 Å². The molecule has 16 heavy (non-hydrogen) atoms. The van der Waals surface area contributed by atoms with Gasteiger partial charge >= 0.3 is 6.18 Å². The number of hydrogen-bond donors (Lipinski definition) is 1. The molecule has 2 unspecified atom stereocenters. The Labute approximate surface area is 93.5 Å². The minimum Gasteiger partial charge on any atom is -0.324 e. The molecular weight excluding hydrogens is 215 g/mol. The summed E-state index contributed by atoms with van der Waals surface area (Å²) in [5, 5.41) is 0. The molecule has 0 saturated heterocycles. The maximum atomic E-state index is 12.5. The van der Waals surface area contributed by atoms with Crippen LogP contribution >= 0.6 is 0 Å². The summed E-state index contributed by atoms with van der Waals surface area (Å²) >= 11 is 0. The lowest BCUT2D eigenvalue weighted by Gasteiger charge is -2.19. The highest BCUT2D eigenvalue weighted by atomic mass is 19.4. The summed E-state index contributed by atoms with van der Waals surface area (Å²) in [6.07, 6.45) is -3.46. The van der Waals surface area contributed by atoms with Gasteiger partial charge in [0, 0.05) is 6.04 Å². The average Bonchev–Trinajstić information content (AvgIpc) is 2.26. The first-order chi connectivity index (χ1) is 7.36. The van der Waals surface area contributed by atoms with Gasteiger partial charge in [0.15, 0.2) is 0 Å². The molecule has 1 aromatic rings. The standard InChI is InChI=1S/C12H16F3N/c1-3-8(2)11(16)9-5-4-6-10(7-9)12(13,14)15/h4-8,11H,3,16H2,1-2H3. The van der Waals surface area contributed by atoms with Crippen LogP contribution in [0.2, 0.25) is 0 Å². The van der Waals surface area contributed by atoms with E-state index in [9.17, 15) is 13.2 Å². The molecular formula is C12H16F3N. The monoisotopic (exact) mass is 231 g/mol. The third kappa shape index (κ3) is 2.98. The first-order valence-electron chi connectivity index (χ1n) is 5.29. The minimum atomic E-state index is -4.30. The normalized spacial score (nSPS) is 15.9. The fraction of sp³-hybridized carbons (Fsp3) is 0.500. The molecule has 1 nitrogen and oxygen atoms in total. The Balaban J connectivity index is 2.99. The van der Waals surface area contributed by atoms with Crippen LogP contribution in [0.3, 0.4) is 0 Å². The van der Waals surface area contributed by atoms with E-state index in [1.807, 2.05) is 13.8 Å². The largest absolute Gasteiger partial charge is 0.416 e. The Bertz CT molecular complexity index is 346. The van der Waals surface area contributed by atoms with Gasteiger partial charge in [0.25, 0.3) is 0 Å². The highest BCUT2D eigenvalue weighted by Gasteiger charge is 2.30. The van der Waals surface area contributed by atoms with Crippen LogP contribution in [0.1, 0.15) is 37.4 Å². The van der Waals surface area contributed by atoms with Crippen LogP contribution in [0, 0.1) is 5.92 Å². The van der Waals surface area contributed by atoms with Gasteiger partial charge in [-0.1, -0.05) is 32.4 Å². The molecule has 0 spiro atoms. The number of hydrogen-bond acceptors (Lipinski definition) is 1. The molecule has 1 aromatic carbocycles. The number of nitrogens with two attached hydrogens (primary N) is 1. The van der Waals surface area contributed by atoms with Crippen molar-refractivity contribution in [2.24, 2.45) is 11.7 Å². The number of rotatable bonds is 3. The summed E-state index contributed by atoms with van der Waals surface area (Å²) < 4.78 is 37.4. The Morgan fingerprint density at radius 1 is 1.31 bits per heavy atom. The molecule has 0 aliphatic rings. The Morgan fingerprint density at radius 2 is 1.94 bits per heavy atom. The summed E-state index contributed by atoms with van der Waals surface area (Å²) in [5.74, 6) is 0.170. The Morgan fingerprint density at radius 3 is 2.44 bits per heavy atom. The van der Waals surface area contributed by atoms with E-state index in [0.717, 1.165) is 18.6 Å². The van der Waals surface area contributed by atoms with Crippen molar-refractivity contribution in [3.63, 3.8) is 0 Å². The van der Waals surface area contributed by atoms with Crippen molar-refractivity contribution < 1.29 is 13.2 Å². The third-order valence-corrected chi connectivity index (χ3v) is 2.86. The average molecular weight is 231 g/mol. The van der Waals surface area contributed by atoms with Crippen molar-refractivity contribution >= 4 is 0 Å². The molecule has 0 radical (unpaired) electrons. The van der Waals surface area contributed by atoms with Gasteiger partial charge in [-0.15, -0.1) is 0 Å². The highest BCUT2D eigenvalue weighted by molar-refractivity contribution is 5.28. The second kappa shape index (κ2) is 4.87. The summed E-state index contributed by atoms with van der Waals surface area (Å²) in [6, 6.07) is 4.91. The van der Waals surface area contributed by atoms with Crippen molar-refractivity contribution in [1.29, 1.82) is 0 Å². The summed E-state index contributed by atoms with van der Waals surface area (Å²) in [4.78, 5) is 0. The summed E-state index contributed by atoms with van der Waals surface area (Å²) in [7, 11) is 0. The van der Waals surface area contributed by atoms with Gasteiger partial charge in [-0.25, -0.2) is 0 Å². The van der Waals surface area contributed by atoms with Crippen LogP contribution < -0.4 is 5.73 Å². The fourth-order valence-corrected chi connectivity index (χ4v) is 1.50. The molecule has 90 valence electrons. The van der Waals surface area contributed by atoms with Crippen molar-refractivity contribution in [1.82, 2.24) is 0 Å². The number of benzene rings is 1. The molecule has 0 heterocycles. The van der Waals surface area contributed by atoms with Crippen molar-refractivity contribution in [2.75, 3.05) is 0 Å². The first kappa shape index (κ1) is 13.0. The smallest absolute Gasteiger partial charge is 0.324 e. The highest BCUT2D eigenvalue weighted by Crippen LogP contribution is 2.31. The maximum absolute atomic E-state index is 12.5. The summed E-state index contributed by atoms with van der Waals surface area (Å²) in [5.41, 5.74) is 5.80. The molecule has 0 bridgehead atoms. The molecule has 0 aliphatic carbocycles. The second-order valence-electron chi connectivity index (χ2n) is 4.03. The van der Waals surface area contributed by atoms with Gasteiger partial charge in [0.05, 0.1) is 5.56 Å². The fourth-order valence-electron chi connectivity index (χ4n) is 1.50. The lowest BCUT2D eigenvalue weighted by molar-refractivity contribution is -0.137. The Kier molecular flexibility index (Phi) is 3.97. The van der Waals surface area contributed by atoms with Crippen LogP contribution in [0.5, 0.6) is 0 Å². The molecule has 0 amide bonds. The van der Waals surface area contributed by atoms with Crippen LogP contribution in [-0.4, -0.2) is 0 Å². The van der Waals surface area contributed by atoms with E-state index < -0.39 is 11.7 Å². The zero-order valence-electron chi connectivity index (χ0n) is 9.38. The van der Waals surface area contributed by atoms with Crippen LogP contribution in [0.15, 0.2) is 24.3 Å². The molecule has 0 aliphatic heterocycles. The predicted molar refractivity (Wildman–Crippen MR) is 57.8 cm³/mol. The number of alkyl halides is 3. The van der Waals surface area contributed by atoms with Gasteiger partial charge in [0.1, 0.15) is 0 Å². The summed E-state index contributed by atoms with van der Waals surface area (Å²) in [6.45, 7) is 3.91. The van der Waals surface area contributed by atoms with Crippen LogP contribution in [0.4, 0.5) is 13.2 Å². The van der Waals surface area contributed by atoms with Crippen LogP contribution in [0.25, 0.3) is 0 Å². The zero-order chi connectivity index (χ0) is 12.3. The van der Waals surface area contributed by atoms with Crippen molar-refractivity contribution in [3.8, 4) is 0 Å². The molecule has 1 rings (SSSR count). The van der Waals surface area contributed by atoms with Crippen molar-refractivity contribution in [3.05, 3.63) is 35.4 Å². The molecule has 2 atom stereocenters. The molecule has 0 aromatic heterocycles. The molecule has 0 fully saturated rings.